The monoisotopic (exact) mass is 407 g/mol. The fourth-order valence-electron chi connectivity index (χ4n) is 3.30. The van der Waals surface area contributed by atoms with E-state index in [0.717, 1.165) is 41.9 Å². The van der Waals surface area contributed by atoms with Crippen LogP contribution in [0.25, 0.3) is 0 Å². The minimum Gasteiger partial charge on any atom is -0.339 e. The van der Waals surface area contributed by atoms with Gasteiger partial charge in [0.25, 0.3) is 0 Å². The molecule has 0 saturated heterocycles. The van der Waals surface area contributed by atoms with Crippen LogP contribution in [-0.2, 0) is 17.6 Å². The van der Waals surface area contributed by atoms with Crippen LogP contribution in [0.5, 0.6) is 0 Å². The molecule has 0 radical (unpaired) electrons. The number of nitrogens with zero attached hydrogens (tertiary/aromatic N) is 2. The number of benzene rings is 2. The van der Waals surface area contributed by atoms with Gasteiger partial charge in [0, 0.05) is 23.5 Å². The third kappa shape index (κ3) is 4.66. The highest BCUT2D eigenvalue weighted by Gasteiger charge is 2.12. The Labute approximate surface area is 174 Å². The summed E-state index contributed by atoms with van der Waals surface area (Å²) >= 11 is 6.30. The third-order valence-electron chi connectivity index (χ3n) is 4.73. The van der Waals surface area contributed by atoms with Gasteiger partial charge < -0.3 is 16.0 Å². The van der Waals surface area contributed by atoms with Gasteiger partial charge in [-0.15, -0.1) is 0 Å². The van der Waals surface area contributed by atoms with Crippen LogP contribution in [0, 0.1) is 0 Å². The molecule has 2 heterocycles. The van der Waals surface area contributed by atoms with E-state index in [1.807, 2.05) is 37.3 Å². The number of hydrogen-bond donors (Lipinski definition) is 3. The zero-order valence-corrected chi connectivity index (χ0v) is 16.9. The summed E-state index contributed by atoms with van der Waals surface area (Å²) in [5.74, 6) is 1.02. The molecule has 0 atom stereocenters. The van der Waals surface area contributed by atoms with Crippen LogP contribution < -0.4 is 16.0 Å². The van der Waals surface area contributed by atoms with Crippen LogP contribution in [0.1, 0.15) is 30.9 Å². The van der Waals surface area contributed by atoms with Crippen LogP contribution in [0.4, 0.5) is 28.8 Å². The number of nitrogens with one attached hydrogen (secondary N) is 3. The molecule has 3 N–H and O–H groups in total. The standard InChI is InChI=1S/C22H22ClN5O/c1-2-4-20(29)27-19-10-9-17-12-15(19)8-7-14-5-3-6-16(11-14)26-22-24-13-18(23)21(25-17)28-22/h3,5-6,9-13H,2,4,7-8H2,1H3,(H,27,29)(H2,24,25,26,28). The Balaban J connectivity index is 1.75. The van der Waals surface area contributed by atoms with Gasteiger partial charge in [-0.3, -0.25) is 4.79 Å². The first kappa shape index (κ1) is 19.2. The van der Waals surface area contributed by atoms with E-state index in [1.165, 1.54) is 5.56 Å². The van der Waals surface area contributed by atoms with E-state index in [2.05, 4.69) is 38.1 Å². The van der Waals surface area contributed by atoms with Crippen molar-refractivity contribution in [3.8, 4) is 0 Å². The number of halogens is 1. The Morgan fingerprint density at radius 1 is 1.14 bits per heavy atom. The van der Waals surface area contributed by atoms with Gasteiger partial charge in [-0.05, 0) is 60.7 Å². The van der Waals surface area contributed by atoms with Crippen LogP contribution in [0.2, 0.25) is 5.02 Å². The molecule has 1 amide bonds. The molecule has 0 spiro atoms. The lowest BCUT2D eigenvalue weighted by molar-refractivity contribution is -0.116. The summed E-state index contributed by atoms with van der Waals surface area (Å²) in [6, 6.07) is 14.0. The van der Waals surface area contributed by atoms with Crippen molar-refractivity contribution in [2.75, 3.05) is 16.0 Å². The van der Waals surface area contributed by atoms with Crippen LogP contribution in [-0.4, -0.2) is 15.9 Å². The van der Waals surface area contributed by atoms with Crippen molar-refractivity contribution >= 4 is 46.3 Å². The second kappa shape index (κ2) is 8.49. The van der Waals surface area contributed by atoms with Gasteiger partial charge in [0.15, 0.2) is 5.82 Å². The van der Waals surface area contributed by atoms with Gasteiger partial charge in [-0.2, -0.15) is 4.98 Å². The van der Waals surface area contributed by atoms with Gasteiger partial charge >= 0.3 is 0 Å². The van der Waals surface area contributed by atoms with Gasteiger partial charge in [-0.1, -0.05) is 30.7 Å². The van der Waals surface area contributed by atoms with E-state index in [0.29, 0.717) is 23.2 Å². The fourth-order valence-corrected chi connectivity index (χ4v) is 3.44. The lowest BCUT2D eigenvalue weighted by Gasteiger charge is -2.14. The second-order valence-electron chi connectivity index (χ2n) is 7.01. The summed E-state index contributed by atoms with van der Waals surface area (Å²) in [6.07, 6.45) is 4.52. The molecular weight excluding hydrogens is 386 g/mol. The minimum atomic E-state index is 0.0297. The maximum atomic E-state index is 12.1. The Morgan fingerprint density at radius 2 is 2.00 bits per heavy atom. The van der Waals surface area contributed by atoms with Gasteiger partial charge in [0.1, 0.15) is 5.02 Å². The van der Waals surface area contributed by atoms with Crippen LogP contribution >= 0.6 is 11.6 Å². The molecular formula is C22H22ClN5O. The lowest BCUT2D eigenvalue weighted by atomic mass is 10.0. The number of rotatable bonds is 3. The molecule has 4 rings (SSSR count). The van der Waals surface area contributed by atoms with E-state index in [1.54, 1.807) is 6.20 Å². The number of hydrogen-bond acceptors (Lipinski definition) is 5. The lowest BCUT2D eigenvalue weighted by Crippen LogP contribution is -2.12. The Kier molecular flexibility index (Phi) is 5.62. The molecule has 0 unspecified atom stereocenters. The largest absolute Gasteiger partial charge is 0.339 e. The smallest absolute Gasteiger partial charge is 0.229 e. The Hall–Kier alpha value is -3.12. The summed E-state index contributed by atoms with van der Waals surface area (Å²) in [5, 5.41) is 9.97. The SMILES string of the molecule is CCCC(=O)Nc1ccc2cc1CCc1cccc(c1)Nc1ncc(Cl)c(n1)N2. The van der Waals surface area contributed by atoms with Crippen molar-refractivity contribution in [1.82, 2.24) is 9.97 Å². The average molecular weight is 408 g/mol. The van der Waals surface area contributed by atoms with E-state index in [9.17, 15) is 4.79 Å². The predicted molar refractivity (Wildman–Crippen MR) is 117 cm³/mol. The molecule has 29 heavy (non-hydrogen) atoms. The maximum Gasteiger partial charge on any atom is 0.229 e. The zero-order valence-electron chi connectivity index (χ0n) is 16.1. The number of anilines is 5. The van der Waals surface area contributed by atoms with Gasteiger partial charge in [0.05, 0.1) is 6.20 Å². The zero-order chi connectivity index (χ0) is 20.2. The van der Waals surface area contributed by atoms with Crippen LogP contribution in [0.15, 0.2) is 48.7 Å². The number of carbonyl (C=O) groups excluding carboxylic acids is 1. The van der Waals surface area contributed by atoms with Gasteiger partial charge in [-0.25, -0.2) is 4.98 Å². The molecule has 148 valence electrons. The van der Waals surface area contributed by atoms with E-state index in [4.69, 9.17) is 11.6 Å². The van der Waals surface area contributed by atoms with E-state index in [-0.39, 0.29) is 5.91 Å². The topological polar surface area (TPSA) is 78.9 Å². The molecule has 6 bridgehead atoms. The van der Waals surface area contributed by atoms with Crippen molar-refractivity contribution in [1.29, 1.82) is 0 Å². The second-order valence-corrected chi connectivity index (χ2v) is 7.42. The average Bonchev–Trinajstić information content (AvgIpc) is 2.71. The maximum absolute atomic E-state index is 12.1. The molecule has 7 heteroatoms. The number of aromatic nitrogens is 2. The first-order valence-electron chi connectivity index (χ1n) is 9.69. The molecule has 1 aromatic heterocycles. The van der Waals surface area contributed by atoms with Crippen molar-refractivity contribution in [2.45, 2.75) is 32.6 Å². The fraction of sp³-hybridized carbons (Fsp3) is 0.227. The molecule has 0 aliphatic carbocycles. The number of fused-ring (bicyclic) bond motifs is 6. The molecule has 6 nitrogen and oxygen atoms in total. The van der Waals surface area contributed by atoms with Crippen molar-refractivity contribution in [3.63, 3.8) is 0 Å². The molecule has 0 fully saturated rings. The number of amides is 1. The van der Waals surface area contributed by atoms with Crippen molar-refractivity contribution in [2.24, 2.45) is 0 Å². The third-order valence-corrected chi connectivity index (χ3v) is 5.01. The summed E-state index contributed by atoms with van der Waals surface area (Å²) in [4.78, 5) is 20.9. The van der Waals surface area contributed by atoms with Crippen LogP contribution in [0.3, 0.4) is 0 Å². The molecule has 2 aromatic carbocycles. The molecule has 0 saturated carbocycles. The predicted octanol–water partition coefficient (Wildman–Crippen LogP) is 5.45. The van der Waals surface area contributed by atoms with Crippen molar-refractivity contribution < 1.29 is 4.79 Å². The molecule has 1 aliphatic heterocycles. The normalized spacial score (nSPS) is 12.5. The van der Waals surface area contributed by atoms with E-state index >= 15 is 0 Å². The Bertz CT molecular complexity index is 1050. The van der Waals surface area contributed by atoms with Crippen molar-refractivity contribution in [3.05, 3.63) is 64.8 Å². The highest BCUT2D eigenvalue weighted by Crippen LogP contribution is 2.29. The Morgan fingerprint density at radius 3 is 2.86 bits per heavy atom. The number of aryl methyl sites for hydroxylation is 2. The summed E-state index contributed by atoms with van der Waals surface area (Å²) in [5.41, 5.74) is 4.85. The quantitative estimate of drug-likeness (QED) is 0.537. The summed E-state index contributed by atoms with van der Waals surface area (Å²) in [7, 11) is 0. The number of carbonyl (C=O) groups is 1. The molecule has 1 aliphatic rings. The first-order chi connectivity index (χ1) is 14.1. The summed E-state index contributed by atoms with van der Waals surface area (Å²) in [6.45, 7) is 2.00. The highest BCUT2D eigenvalue weighted by atomic mass is 35.5. The van der Waals surface area contributed by atoms with Gasteiger partial charge in [0.2, 0.25) is 11.9 Å². The first-order valence-corrected chi connectivity index (χ1v) is 10.1. The molecule has 3 aromatic rings. The van der Waals surface area contributed by atoms with E-state index < -0.39 is 0 Å². The summed E-state index contributed by atoms with van der Waals surface area (Å²) < 4.78 is 0. The highest BCUT2D eigenvalue weighted by molar-refractivity contribution is 6.32. The minimum absolute atomic E-state index is 0.0297.